The normalized spacial score (nSPS) is 11.2. The van der Waals surface area contributed by atoms with Crippen LogP contribution in [0.4, 0.5) is 13.2 Å². The maximum absolute atomic E-state index is 12.7. The number of pyridine rings is 1. The van der Waals surface area contributed by atoms with Gasteiger partial charge in [-0.25, -0.2) is 15.0 Å². The lowest BCUT2D eigenvalue weighted by Gasteiger charge is -2.09. The van der Waals surface area contributed by atoms with Gasteiger partial charge >= 0.3 is 6.18 Å². The highest BCUT2D eigenvalue weighted by Gasteiger charge is 2.33. The lowest BCUT2D eigenvalue weighted by atomic mass is 10.2. The third-order valence-electron chi connectivity index (χ3n) is 2.82. The van der Waals surface area contributed by atoms with Crippen LogP contribution >= 0.6 is 0 Å². The zero-order chi connectivity index (χ0) is 17.0. The standard InChI is InChI=1S/C14H13F3N4O2/c1-8-20-10(6-11(21-8)14(15,16)17)13(22)19-7-9-3-4-18-12(5-9)23-2/h3-6H,7H2,1-2H3,(H,19,22). The molecule has 2 aromatic heterocycles. The zero-order valence-electron chi connectivity index (χ0n) is 12.3. The van der Waals surface area contributed by atoms with Gasteiger partial charge in [0.1, 0.15) is 17.2 Å². The van der Waals surface area contributed by atoms with Crippen LogP contribution in [0, 0.1) is 6.92 Å². The molecule has 0 spiro atoms. The summed E-state index contributed by atoms with van der Waals surface area (Å²) in [5, 5.41) is 2.49. The summed E-state index contributed by atoms with van der Waals surface area (Å²) in [6.07, 6.45) is -3.14. The highest BCUT2D eigenvalue weighted by Crippen LogP contribution is 2.27. The zero-order valence-corrected chi connectivity index (χ0v) is 12.3. The van der Waals surface area contributed by atoms with E-state index in [2.05, 4.69) is 20.3 Å². The smallest absolute Gasteiger partial charge is 0.433 e. The molecule has 0 aliphatic heterocycles. The van der Waals surface area contributed by atoms with Crippen LogP contribution in [-0.4, -0.2) is 28.0 Å². The Morgan fingerprint density at radius 1 is 1.30 bits per heavy atom. The van der Waals surface area contributed by atoms with Crippen molar-refractivity contribution in [1.82, 2.24) is 20.3 Å². The van der Waals surface area contributed by atoms with Crippen LogP contribution < -0.4 is 10.1 Å². The first kappa shape index (κ1) is 16.7. The molecule has 1 N–H and O–H groups in total. The molecule has 0 radical (unpaired) electrons. The summed E-state index contributed by atoms with van der Waals surface area (Å²) >= 11 is 0. The molecule has 1 amide bonds. The Kier molecular flexibility index (Phi) is 4.77. The number of hydrogen-bond donors (Lipinski definition) is 1. The fourth-order valence-electron chi connectivity index (χ4n) is 1.77. The summed E-state index contributed by atoms with van der Waals surface area (Å²) in [6.45, 7) is 1.39. The van der Waals surface area contributed by atoms with Gasteiger partial charge in [-0.1, -0.05) is 0 Å². The summed E-state index contributed by atoms with van der Waals surface area (Å²) in [6, 6.07) is 3.87. The maximum atomic E-state index is 12.7. The molecule has 0 unspecified atom stereocenters. The predicted molar refractivity (Wildman–Crippen MR) is 73.7 cm³/mol. The molecule has 6 nitrogen and oxygen atoms in total. The molecule has 0 aliphatic rings. The summed E-state index contributed by atoms with van der Waals surface area (Å²) in [4.78, 5) is 22.9. The van der Waals surface area contributed by atoms with Crippen LogP contribution in [-0.2, 0) is 12.7 Å². The van der Waals surface area contributed by atoms with Crippen LogP contribution in [0.5, 0.6) is 5.88 Å². The first-order valence-electron chi connectivity index (χ1n) is 6.49. The van der Waals surface area contributed by atoms with E-state index in [4.69, 9.17) is 4.74 Å². The van der Waals surface area contributed by atoms with Crippen molar-refractivity contribution in [1.29, 1.82) is 0 Å². The minimum atomic E-state index is -4.64. The molecule has 2 aromatic rings. The van der Waals surface area contributed by atoms with Crippen molar-refractivity contribution in [2.75, 3.05) is 7.11 Å². The number of amides is 1. The van der Waals surface area contributed by atoms with Crippen molar-refractivity contribution in [2.45, 2.75) is 19.6 Å². The van der Waals surface area contributed by atoms with Crippen LogP contribution in [0.2, 0.25) is 0 Å². The van der Waals surface area contributed by atoms with Gasteiger partial charge in [-0.3, -0.25) is 4.79 Å². The average Bonchev–Trinajstić information content (AvgIpc) is 2.51. The largest absolute Gasteiger partial charge is 0.481 e. The first-order valence-corrected chi connectivity index (χ1v) is 6.49. The Hall–Kier alpha value is -2.71. The molecule has 23 heavy (non-hydrogen) atoms. The molecule has 0 atom stereocenters. The highest BCUT2D eigenvalue weighted by molar-refractivity contribution is 5.92. The molecule has 9 heteroatoms. The van der Waals surface area contributed by atoms with Crippen molar-refractivity contribution in [3.05, 3.63) is 47.2 Å². The SMILES string of the molecule is COc1cc(CNC(=O)c2cc(C(F)(F)F)nc(C)n2)ccn1. The maximum Gasteiger partial charge on any atom is 0.433 e. The summed E-state index contributed by atoms with van der Waals surface area (Å²) in [5.41, 5.74) is -0.807. The second kappa shape index (κ2) is 6.59. The Balaban J connectivity index is 2.13. The summed E-state index contributed by atoms with van der Waals surface area (Å²) in [7, 11) is 1.45. The molecule has 0 saturated heterocycles. The lowest BCUT2D eigenvalue weighted by Crippen LogP contribution is -2.25. The minimum Gasteiger partial charge on any atom is -0.481 e. The number of alkyl halides is 3. The third kappa shape index (κ3) is 4.38. The molecular formula is C14H13F3N4O2. The van der Waals surface area contributed by atoms with E-state index in [1.165, 1.54) is 20.2 Å². The van der Waals surface area contributed by atoms with Crippen LogP contribution in [0.15, 0.2) is 24.4 Å². The molecule has 2 heterocycles. The molecule has 0 aromatic carbocycles. The van der Waals surface area contributed by atoms with E-state index in [-0.39, 0.29) is 18.1 Å². The monoisotopic (exact) mass is 326 g/mol. The van der Waals surface area contributed by atoms with Gasteiger partial charge in [0.15, 0.2) is 0 Å². The van der Waals surface area contributed by atoms with Gasteiger partial charge in [-0.05, 0) is 18.6 Å². The van der Waals surface area contributed by atoms with E-state index in [1.807, 2.05) is 0 Å². The number of carbonyl (C=O) groups excluding carboxylic acids is 1. The number of ether oxygens (including phenoxy) is 1. The Morgan fingerprint density at radius 3 is 2.70 bits per heavy atom. The van der Waals surface area contributed by atoms with E-state index in [0.29, 0.717) is 17.5 Å². The topological polar surface area (TPSA) is 77.0 Å². The predicted octanol–water partition coefficient (Wildman–Crippen LogP) is 2.14. The van der Waals surface area contributed by atoms with Crippen molar-refractivity contribution in [3.8, 4) is 5.88 Å². The molecule has 2 rings (SSSR count). The molecule has 0 saturated carbocycles. The molecule has 0 bridgehead atoms. The van der Waals surface area contributed by atoms with Gasteiger partial charge in [0.05, 0.1) is 7.11 Å². The van der Waals surface area contributed by atoms with E-state index in [1.54, 1.807) is 12.1 Å². The van der Waals surface area contributed by atoms with Gasteiger partial charge in [0, 0.05) is 24.9 Å². The Morgan fingerprint density at radius 2 is 2.04 bits per heavy atom. The molecule has 0 fully saturated rings. The lowest BCUT2D eigenvalue weighted by molar-refractivity contribution is -0.141. The quantitative estimate of drug-likeness (QED) is 0.931. The first-order chi connectivity index (χ1) is 10.8. The summed E-state index contributed by atoms with van der Waals surface area (Å²) in [5.74, 6) is -0.485. The van der Waals surface area contributed by atoms with E-state index in [9.17, 15) is 18.0 Å². The van der Waals surface area contributed by atoms with Crippen molar-refractivity contribution < 1.29 is 22.7 Å². The average molecular weight is 326 g/mol. The fourth-order valence-corrected chi connectivity index (χ4v) is 1.77. The van der Waals surface area contributed by atoms with E-state index >= 15 is 0 Å². The van der Waals surface area contributed by atoms with Crippen LogP contribution in [0.25, 0.3) is 0 Å². The molecule has 122 valence electrons. The molecule has 0 aliphatic carbocycles. The number of nitrogens with one attached hydrogen (secondary N) is 1. The molecular weight excluding hydrogens is 313 g/mol. The van der Waals surface area contributed by atoms with Crippen LogP contribution in [0.3, 0.4) is 0 Å². The van der Waals surface area contributed by atoms with Gasteiger partial charge < -0.3 is 10.1 Å². The second-order valence-corrected chi connectivity index (χ2v) is 4.57. The van der Waals surface area contributed by atoms with Gasteiger partial charge in [0.25, 0.3) is 5.91 Å². The Labute approximate surface area is 129 Å². The fraction of sp³-hybridized carbons (Fsp3) is 0.286. The number of nitrogens with zero attached hydrogens (tertiary/aromatic N) is 3. The number of rotatable bonds is 4. The number of methoxy groups -OCH3 is 1. The number of aromatic nitrogens is 3. The van der Waals surface area contributed by atoms with Crippen molar-refractivity contribution in [2.24, 2.45) is 0 Å². The third-order valence-corrected chi connectivity index (χ3v) is 2.82. The number of carbonyl (C=O) groups is 1. The van der Waals surface area contributed by atoms with Gasteiger partial charge in [-0.15, -0.1) is 0 Å². The van der Waals surface area contributed by atoms with Gasteiger partial charge in [0.2, 0.25) is 5.88 Å². The number of hydrogen-bond acceptors (Lipinski definition) is 5. The van der Waals surface area contributed by atoms with Crippen LogP contribution in [0.1, 0.15) is 27.6 Å². The van der Waals surface area contributed by atoms with Crippen molar-refractivity contribution in [3.63, 3.8) is 0 Å². The highest BCUT2D eigenvalue weighted by atomic mass is 19.4. The minimum absolute atomic E-state index is 0.0993. The number of aryl methyl sites for hydroxylation is 1. The van der Waals surface area contributed by atoms with E-state index < -0.39 is 17.8 Å². The van der Waals surface area contributed by atoms with Crippen molar-refractivity contribution >= 4 is 5.91 Å². The summed E-state index contributed by atoms with van der Waals surface area (Å²) < 4.78 is 43.1. The van der Waals surface area contributed by atoms with E-state index in [0.717, 1.165) is 0 Å². The second-order valence-electron chi connectivity index (χ2n) is 4.57. The number of halogens is 3. The Bertz CT molecular complexity index is 719. The van der Waals surface area contributed by atoms with Gasteiger partial charge in [-0.2, -0.15) is 13.2 Å².